The fraction of sp³-hybridized carbons (Fsp3) is 0.375. The number of carbonyl (C=O) groups is 2. The number of aromatic nitrogens is 2. The van der Waals surface area contributed by atoms with Crippen LogP contribution in [0, 0.1) is 5.21 Å². The lowest BCUT2D eigenvalue weighted by molar-refractivity contribution is -0.581. The van der Waals surface area contributed by atoms with Crippen LogP contribution >= 0.6 is 0 Å². The summed E-state index contributed by atoms with van der Waals surface area (Å²) in [6, 6.07) is 6.61. The first-order valence-electron chi connectivity index (χ1n) is 7.42. The van der Waals surface area contributed by atoms with Crippen molar-refractivity contribution < 1.29 is 23.8 Å². The standard InChI is InChI=1S/C16H18N2O5/c1-3-7-14(19)23-10-12-15(16(20)22-4-2)18(21)13-9-6-5-8-11(13)17-12/h5-6,8-9H,3-4,7,10H2,1-2H3. The molecule has 0 saturated heterocycles. The van der Waals surface area contributed by atoms with Crippen molar-refractivity contribution in [3.63, 3.8) is 0 Å². The second-order valence-electron chi connectivity index (χ2n) is 4.82. The SMILES string of the molecule is CCCC(=O)OCc1nc2ccccc2[n+]([O-])c1C(=O)OCC. The van der Waals surface area contributed by atoms with Crippen LogP contribution in [0.2, 0.25) is 0 Å². The van der Waals surface area contributed by atoms with Gasteiger partial charge >= 0.3 is 17.6 Å². The highest BCUT2D eigenvalue weighted by Crippen LogP contribution is 2.13. The molecule has 0 atom stereocenters. The van der Waals surface area contributed by atoms with Crippen molar-refractivity contribution in [2.45, 2.75) is 33.3 Å². The van der Waals surface area contributed by atoms with Crippen LogP contribution in [-0.4, -0.2) is 23.5 Å². The van der Waals surface area contributed by atoms with Crippen LogP contribution in [0.3, 0.4) is 0 Å². The van der Waals surface area contributed by atoms with Gasteiger partial charge in [-0.25, -0.2) is 9.78 Å². The second-order valence-corrected chi connectivity index (χ2v) is 4.82. The quantitative estimate of drug-likeness (QED) is 0.459. The number of esters is 2. The van der Waals surface area contributed by atoms with Gasteiger partial charge in [0.15, 0.2) is 5.69 Å². The maximum Gasteiger partial charge on any atom is 0.407 e. The summed E-state index contributed by atoms with van der Waals surface area (Å²) >= 11 is 0. The minimum absolute atomic E-state index is 0.0848. The van der Waals surface area contributed by atoms with Crippen LogP contribution < -0.4 is 4.73 Å². The van der Waals surface area contributed by atoms with Gasteiger partial charge in [0.2, 0.25) is 5.52 Å². The molecule has 0 unspecified atom stereocenters. The summed E-state index contributed by atoms with van der Waals surface area (Å²) in [5.41, 5.74) is 0.493. The van der Waals surface area contributed by atoms with Crippen molar-refractivity contribution in [3.05, 3.63) is 40.9 Å². The molecule has 1 aromatic heterocycles. The average molecular weight is 318 g/mol. The van der Waals surface area contributed by atoms with Gasteiger partial charge in [-0.2, -0.15) is 4.73 Å². The van der Waals surface area contributed by atoms with Crippen LogP contribution in [0.15, 0.2) is 24.3 Å². The van der Waals surface area contributed by atoms with Gasteiger partial charge in [-0.1, -0.05) is 19.1 Å². The topological polar surface area (TPSA) is 92.4 Å². The third-order valence-electron chi connectivity index (χ3n) is 3.13. The Morgan fingerprint density at radius 1 is 1.22 bits per heavy atom. The molecular formula is C16H18N2O5. The monoisotopic (exact) mass is 318 g/mol. The van der Waals surface area contributed by atoms with Gasteiger partial charge in [-0.05, 0) is 19.4 Å². The molecule has 2 rings (SSSR count). The van der Waals surface area contributed by atoms with E-state index in [-0.39, 0.29) is 36.5 Å². The van der Waals surface area contributed by atoms with Gasteiger partial charge in [0.05, 0.1) is 6.61 Å². The zero-order valence-corrected chi connectivity index (χ0v) is 13.1. The third kappa shape index (κ3) is 3.74. The summed E-state index contributed by atoms with van der Waals surface area (Å²) in [6.45, 7) is 3.37. The second kappa shape index (κ2) is 7.53. The van der Waals surface area contributed by atoms with Crippen molar-refractivity contribution >= 4 is 23.0 Å². The summed E-state index contributed by atoms with van der Waals surface area (Å²) in [7, 11) is 0. The minimum Gasteiger partial charge on any atom is -0.618 e. The maximum absolute atomic E-state index is 12.5. The smallest absolute Gasteiger partial charge is 0.407 e. The van der Waals surface area contributed by atoms with E-state index in [2.05, 4.69) is 4.98 Å². The molecule has 1 aromatic carbocycles. The highest BCUT2D eigenvalue weighted by atomic mass is 16.5. The third-order valence-corrected chi connectivity index (χ3v) is 3.13. The normalized spacial score (nSPS) is 10.5. The molecule has 0 aliphatic rings. The van der Waals surface area contributed by atoms with Gasteiger partial charge in [0.25, 0.3) is 0 Å². The number of hydrogen-bond donors (Lipinski definition) is 0. The van der Waals surface area contributed by atoms with E-state index in [1.165, 1.54) is 0 Å². The predicted octanol–water partition coefficient (Wildman–Crippen LogP) is 1.89. The lowest BCUT2D eigenvalue weighted by atomic mass is 10.2. The molecule has 1 heterocycles. The molecular weight excluding hydrogens is 300 g/mol. The van der Waals surface area contributed by atoms with E-state index in [4.69, 9.17) is 9.47 Å². The van der Waals surface area contributed by atoms with E-state index < -0.39 is 11.9 Å². The average Bonchev–Trinajstić information content (AvgIpc) is 2.53. The summed E-state index contributed by atoms with van der Waals surface area (Å²) in [5, 5.41) is 12.5. The van der Waals surface area contributed by atoms with E-state index in [9.17, 15) is 14.8 Å². The first-order valence-corrected chi connectivity index (χ1v) is 7.42. The molecule has 2 aromatic rings. The highest BCUT2D eigenvalue weighted by Gasteiger charge is 2.28. The molecule has 0 fully saturated rings. The van der Waals surface area contributed by atoms with Crippen molar-refractivity contribution in [3.8, 4) is 0 Å². The molecule has 0 radical (unpaired) electrons. The lowest BCUT2D eigenvalue weighted by Crippen LogP contribution is -2.39. The molecule has 0 spiro atoms. The molecule has 7 nitrogen and oxygen atoms in total. The Hall–Kier alpha value is -2.70. The van der Waals surface area contributed by atoms with Crippen LogP contribution in [0.5, 0.6) is 0 Å². The Bertz CT molecular complexity index is 730. The summed E-state index contributed by atoms with van der Waals surface area (Å²) < 4.78 is 10.5. The molecule has 0 saturated carbocycles. The molecule has 0 amide bonds. The zero-order chi connectivity index (χ0) is 16.8. The molecule has 0 N–H and O–H groups in total. The van der Waals surface area contributed by atoms with E-state index in [1.807, 2.05) is 6.92 Å². The number of carbonyl (C=O) groups excluding carboxylic acids is 2. The number of ether oxygens (including phenoxy) is 2. The Morgan fingerprint density at radius 2 is 1.96 bits per heavy atom. The van der Waals surface area contributed by atoms with Gasteiger partial charge in [-0.3, -0.25) is 4.79 Å². The number of para-hydroxylation sites is 2. The molecule has 0 aliphatic carbocycles. The molecule has 23 heavy (non-hydrogen) atoms. The van der Waals surface area contributed by atoms with Gasteiger partial charge in [0.1, 0.15) is 12.1 Å². The van der Waals surface area contributed by atoms with E-state index >= 15 is 0 Å². The Morgan fingerprint density at radius 3 is 2.65 bits per heavy atom. The van der Waals surface area contributed by atoms with Crippen LogP contribution in [-0.2, 0) is 20.9 Å². The number of benzene rings is 1. The van der Waals surface area contributed by atoms with E-state index in [1.54, 1.807) is 31.2 Å². The Kier molecular flexibility index (Phi) is 5.46. The molecule has 122 valence electrons. The fourth-order valence-electron chi connectivity index (χ4n) is 2.09. The highest BCUT2D eigenvalue weighted by molar-refractivity contribution is 5.88. The van der Waals surface area contributed by atoms with Gasteiger partial charge < -0.3 is 14.7 Å². The van der Waals surface area contributed by atoms with Crippen molar-refractivity contribution in [2.24, 2.45) is 0 Å². The largest absolute Gasteiger partial charge is 0.618 e. The summed E-state index contributed by atoms with van der Waals surface area (Å²) in [4.78, 5) is 27.9. The van der Waals surface area contributed by atoms with E-state index in [0.717, 1.165) is 0 Å². The van der Waals surface area contributed by atoms with Gasteiger partial charge in [-0.15, -0.1) is 0 Å². The van der Waals surface area contributed by atoms with Crippen molar-refractivity contribution in [1.82, 2.24) is 4.98 Å². The number of fused-ring (bicyclic) bond motifs is 1. The first-order chi connectivity index (χ1) is 11.1. The number of nitrogens with zero attached hydrogens (tertiary/aromatic N) is 2. The number of rotatable bonds is 6. The predicted molar refractivity (Wildman–Crippen MR) is 81.4 cm³/mol. The lowest BCUT2D eigenvalue weighted by Gasteiger charge is -2.11. The first kappa shape index (κ1) is 16.7. The number of hydrogen-bond acceptors (Lipinski definition) is 6. The van der Waals surface area contributed by atoms with E-state index in [0.29, 0.717) is 16.7 Å². The maximum atomic E-state index is 12.5. The Labute approximate surface area is 133 Å². The van der Waals surface area contributed by atoms with Crippen LogP contribution in [0.1, 0.15) is 42.9 Å². The summed E-state index contributed by atoms with van der Waals surface area (Å²) in [6.07, 6.45) is 0.913. The van der Waals surface area contributed by atoms with Crippen LogP contribution in [0.25, 0.3) is 11.0 Å². The molecule has 7 heteroatoms. The molecule has 0 aliphatic heterocycles. The van der Waals surface area contributed by atoms with Gasteiger partial charge in [0, 0.05) is 12.5 Å². The van der Waals surface area contributed by atoms with Crippen molar-refractivity contribution in [1.29, 1.82) is 0 Å². The minimum atomic E-state index is -0.790. The van der Waals surface area contributed by atoms with Crippen molar-refractivity contribution in [2.75, 3.05) is 6.61 Å². The fourth-order valence-corrected chi connectivity index (χ4v) is 2.09. The molecule has 0 bridgehead atoms. The summed E-state index contributed by atoms with van der Waals surface area (Å²) in [5.74, 6) is -1.20. The zero-order valence-electron chi connectivity index (χ0n) is 13.1. The Balaban J connectivity index is 2.45. The van der Waals surface area contributed by atoms with Crippen LogP contribution in [0.4, 0.5) is 0 Å².